The van der Waals surface area contributed by atoms with Gasteiger partial charge in [0, 0.05) is 31.7 Å². The highest BCUT2D eigenvalue weighted by Gasteiger charge is 2.38. The second kappa shape index (κ2) is 25.4. The van der Waals surface area contributed by atoms with Crippen LogP contribution in [0.15, 0.2) is 30.4 Å². The van der Waals surface area contributed by atoms with Crippen molar-refractivity contribution in [1.82, 2.24) is 5.32 Å². The first-order chi connectivity index (χ1) is 22.5. The number of amides is 1. The number of carbonyl (C=O) groups excluding carboxylic acids is 4. The number of aldehydes is 2. The highest BCUT2D eigenvalue weighted by Crippen LogP contribution is 2.43. The number of hydrogen-bond acceptors (Lipinski definition) is 8. The third-order valence-corrected chi connectivity index (χ3v) is 7.95. The van der Waals surface area contributed by atoms with Crippen molar-refractivity contribution in [3.8, 4) is 5.75 Å². The Hall–Kier alpha value is -2.56. The van der Waals surface area contributed by atoms with Crippen LogP contribution in [0.4, 0.5) is 3.89 Å². The van der Waals surface area contributed by atoms with Crippen molar-refractivity contribution in [3.05, 3.63) is 41.5 Å². The summed E-state index contributed by atoms with van der Waals surface area (Å²) >= 11 is 0.215. The maximum Gasteiger partial charge on any atom is 0.255 e. The summed E-state index contributed by atoms with van der Waals surface area (Å²) in [6.07, 6.45) is 6.77. The molecular weight excluding hydrogens is 631 g/mol. The van der Waals surface area contributed by atoms with Gasteiger partial charge in [-0.05, 0) is 110 Å². The van der Waals surface area contributed by atoms with Gasteiger partial charge in [-0.15, -0.1) is 6.58 Å². The van der Waals surface area contributed by atoms with Gasteiger partial charge in [-0.2, -0.15) is 3.89 Å². The average molecular weight is 697 g/mol. The van der Waals surface area contributed by atoms with Crippen molar-refractivity contribution in [2.75, 3.05) is 13.1 Å². The van der Waals surface area contributed by atoms with Crippen LogP contribution < -0.4 is 15.8 Å². The van der Waals surface area contributed by atoms with E-state index in [0.29, 0.717) is 41.7 Å². The van der Waals surface area contributed by atoms with E-state index in [9.17, 15) is 18.3 Å². The highest BCUT2D eigenvalue weighted by molar-refractivity contribution is 7.93. The SMILES string of the molecule is C=C(C)CC1C(CC=O)CC(Oc2ccc(CSF)cc2C(=O)NCC(C)(C)OC(C)(C)CN)CC1CCC.CC.CC(C)=O.CC=O. The van der Waals surface area contributed by atoms with E-state index in [1.54, 1.807) is 18.2 Å². The lowest BCUT2D eigenvalue weighted by Gasteiger charge is -2.42. The molecule has 1 aliphatic rings. The molecule has 4 atom stereocenters. The Bertz CT molecular complexity index is 1110. The minimum Gasteiger partial charge on any atom is -0.490 e. The number of Topliss-reactive ketones (excluding diaryl/α,β-unsaturated/α-hetero) is 1. The molecule has 4 unspecified atom stereocenters. The largest absolute Gasteiger partial charge is 0.490 e. The van der Waals surface area contributed by atoms with E-state index in [0.717, 1.165) is 50.2 Å². The molecule has 1 amide bonds. The van der Waals surface area contributed by atoms with Crippen molar-refractivity contribution in [3.63, 3.8) is 0 Å². The van der Waals surface area contributed by atoms with E-state index in [-0.39, 0.29) is 48.2 Å². The number of nitrogens with one attached hydrogen (secondary N) is 1. The van der Waals surface area contributed by atoms with Crippen LogP contribution in [0.5, 0.6) is 5.75 Å². The van der Waals surface area contributed by atoms with E-state index < -0.39 is 11.2 Å². The molecule has 1 aromatic carbocycles. The minimum absolute atomic E-state index is 0.119. The Morgan fingerprint density at radius 2 is 1.65 bits per heavy atom. The van der Waals surface area contributed by atoms with Gasteiger partial charge < -0.3 is 34.9 Å². The molecule has 1 aliphatic carbocycles. The van der Waals surface area contributed by atoms with E-state index in [1.807, 2.05) is 41.5 Å². The molecule has 1 fully saturated rings. The van der Waals surface area contributed by atoms with Crippen molar-refractivity contribution < 1.29 is 32.5 Å². The van der Waals surface area contributed by atoms with Gasteiger partial charge in [-0.3, -0.25) is 4.79 Å². The van der Waals surface area contributed by atoms with Crippen LogP contribution in [0.1, 0.15) is 131 Å². The first-order valence-corrected chi connectivity index (χ1v) is 18.0. The lowest BCUT2D eigenvalue weighted by atomic mass is 9.66. The lowest BCUT2D eigenvalue weighted by molar-refractivity contribution is -0.115. The quantitative estimate of drug-likeness (QED) is 0.130. The lowest BCUT2D eigenvalue weighted by Crippen LogP contribution is -2.48. The third-order valence-electron chi connectivity index (χ3n) is 7.51. The fourth-order valence-electron chi connectivity index (χ4n) is 5.84. The van der Waals surface area contributed by atoms with Crippen LogP contribution in [-0.4, -0.2) is 54.7 Å². The maximum atomic E-state index is 13.4. The fourth-order valence-corrected chi connectivity index (χ4v) is 6.14. The van der Waals surface area contributed by atoms with Gasteiger partial charge in [0.05, 0.1) is 28.6 Å². The molecule has 0 heterocycles. The maximum absolute atomic E-state index is 13.4. The van der Waals surface area contributed by atoms with Crippen LogP contribution in [0, 0.1) is 17.8 Å². The Balaban J connectivity index is 0. The molecule has 276 valence electrons. The van der Waals surface area contributed by atoms with Gasteiger partial charge in [-0.25, -0.2) is 0 Å². The van der Waals surface area contributed by atoms with E-state index in [1.165, 1.54) is 20.8 Å². The first kappa shape index (κ1) is 47.6. The molecule has 2 rings (SSSR count). The summed E-state index contributed by atoms with van der Waals surface area (Å²) < 4.78 is 25.7. The topological polar surface area (TPSA) is 125 Å². The zero-order valence-corrected chi connectivity index (χ0v) is 32.4. The van der Waals surface area contributed by atoms with Crippen molar-refractivity contribution in [2.24, 2.45) is 23.5 Å². The van der Waals surface area contributed by atoms with Gasteiger partial charge in [0.1, 0.15) is 24.1 Å². The predicted molar refractivity (Wildman–Crippen MR) is 198 cm³/mol. The molecule has 8 nitrogen and oxygen atoms in total. The number of nitrogens with two attached hydrogens (primary N) is 1. The highest BCUT2D eigenvalue weighted by atomic mass is 32.2. The summed E-state index contributed by atoms with van der Waals surface area (Å²) in [5.74, 6) is 1.51. The van der Waals surface area contributed by atoms with Crippen molar-refractivity contribution in [2.45, 2.75) is 138 Å². The van der Waals surface area contributed by atoms with Gasteiger partial charge >= 0.3 is 0 Å². The molecule has 10 heteroatoms. The molecule has 0 bridgehead atoms. The zero-order chi connectivity index (χ0) is 37.5. The molecule has 0 aliphatic heterocycles. The van der Waals surface area contributed by atoms with Crippen molar-refractivity contribution in [1.29, 1.82) is 0 Å². The first-order valence-electron chi connectivity index (χ1n) is 17.2. The Morgan fingerprint density at radius 3 is 2.12 bits per heavy atom. The summed E-state index contributed by atoms with van der Waals surface area (Å²) in [4.78, 5) is 43.2. The van der Waals surface area contributed by atoms with Crippen LogP contribution in [0.25, 0.3) is 0 Å². The number of rotatable bonds is 16. The zero-order valence-electron chi connectivity index (χ0n) is 31.6. The number of benzene rings is 1. The monoisotopic (exact) mass is 696 g/mol. The molecule has 0 spiro atoms. The predicted octanol–water partition coefficient (Wildman–Crippen LogP) is 8.64. The Morgan fingerprint density at radius 1 is 1.08 bits per heavy atom. The number of allylic oxidation sites excluding steroid dienone is 1. The molecule has 48 heavy (non-hydrogen) atoms. The molecule has 3 N–H and O–H groups in total. The van der Waals surface area contributed by atoms with Crippen LogP contribution in [0.3, 0.4) is 0 Å². The van der Waals surface area contributed by atoms with Crippen LogP contribution >= 0.6 is 12.1 Å². The second-order valence-electron chi connectivity index (χ2n) is 13.5. The molecule has 0 saturated heterocycles. The van der Waals surface area contributed by atoms with E-state index >= 15 is 0 Å². The number of ketones is 1. The molecule has 1 aromatic rings. The molecule has 0 aromatic heterocycles. The van der Waals surface area contributed by atoms with E-state index in [2.05, 4.69) is 25.7 Å². The summed E-state index contributed by atoms with van der Waals surface area (Å²) in [6, 6.07) is 5.27. The number of carbonyl (C=O) groups is 4. The molecule has 1 saturated carbocycles. The number of ether oxygens (including phenoxy) is 2. The normalized spacial score (nSPS) is 18.7. The second-order valence-corrected chi connectivity index (χ2v) is 14.0. The average Bonchev–Trinajstić information content (AvgIpc) is 2.99. The summed E-state index contributed by atoms with van der Waals surface area (Å²) in [5.41, 5.74) is 6.85. The third kappa shape index (κ3) is 20.1. The Kier molecular flexibility index (Phi) is 25.2. The Labute approximate surface area is 295 Å². The van der Waals surface area contributed by atoms with Gasteiger partial charge in [-0.1, -0.05) is 45.3 Å². The fraction of sp³-hybridized carbons (Fsp3) is 0.684. The van der Waals surface area contributed by atoms with E-state index in [4.69, 9.17) is 20.0 Å². The summed E-state index contributed by atoms with van der Waals surface area (Å²) in [6.45, 7) is 25.1. The van der Waals surface area contributed by atoms with Gasteiger partial charge in [0.2, 0.25) is 0 Å². The smallest absolute Gasteiger partial charge is 0.255 e. The van der Waals surface area contributed by atoms with Gasteiger partial charge in [0.15, 0.2) is 0 Å². The molecular formula is C38H65FN2O6S. The number of hydrogen-bond donors (Lipinski definition) is 2. The van der Waals surface area contributed by atoms with Crippen molar-refractivity contribution >= 4 is 36.4 Å². The van der Waals surface area contributed by atoms with Crippen LogP contribution in [0.2, 0.25) is 0 Å². The van der Waals surface area contributed by atoms with Gasteiger partial charge in [0.25, 0.3) is 5.91 Å². The standard InChI is InChI=1S/C31H49FN2O4S.C3H6O.C2H4O.C2H6/c1-8-9-23-16-25(17-24(12-13-35)26(23)14-21(2)3)37-28-11-10-22(18-39-32)15-27(28)29(36)34-20-31(6,7)38-30(4,5)19-33;1-3(2)4;1-2-3;1-2/h10-11,13,15,23-26H,2,8-9,12,14,16-20,33H2,1,3-7H3,(H,34,36);1-2H3;2H,1H3;1-2H3. The van der Waals surface area contributed by atoms with Crippen LogP contribution in [-0.2, 0) is 24.9 Å². The number of halogens is 1. The summed E-state index contributed by atoms with van der Waals surface area (Å²) in [7, 11) is 0. The minimum atomic E-state index is -0.650. The summed E-state index contributed by atoms with van der Waals surface area (Å²) in [5, 5.41) is 2.98. The molecule has 0 radical (unpaired) electrons.